The van der Waals surface area contributed by atoms with E-state index in [-0.39, 0.29) is 18.4 Å². The first kappa shape index (κ1) is 14.6. The van der Waals surface area contributed by atoms with E-state index < -0.39 is 0 Å². The zero-order chi connectivity index (χ0) is 14.4. The molecule has 1 saturated heterocycles. The summed E-state index contributed by atoms with van der Waals surface area (Å²) >= 11 is 0. The Labute approximate surface area is 120 Å². The quantitative estimate of drug-likeness (QED) is 0.846. The van der Waals surface area contributed by atoms with Gasteiger partial charge in [-0.15, -0.1) is 0 Å². The molecule has 108 valence electrons. The molecule has 0 aromatic heterocycles. The topological polar surface area (TPSA) is 40.6 Å². The van der Waals surface area contributed by atoms with Crippen LogP contribution in [-0.4, -0.2) is 36.3 Å². The van der Waals surface area contributed by atoms with Crippen LogP contribution < -0.4 is 4.90 Å². The first-order chi connectivity index (χ1) is 9.72. The molecule has 2 amide bonds. The zero-order valence-electron chi connectivity index (χ0n) is 12.0. The summed E-state index contributed by atoms with van der Waals surface area (Å²) in [5.74, 6) is 0.0388. The number of rotatable bonds is 4. The van der Waals surface area contributed by atoms with Gasteiger partial charge in [0.25, 0.3) is 0 Å². The number of benzene rings is 1. The third-order valence-corrected chi connectivity index (χ3v) is 3.67. The fraction of sp³-hybridized carbons (Fsp3) is 0.500. The molecule has 2 rings (SSSR count). The van der Waals surface area contributed by atoms with Crippen LogP contribution in [0.2, 0.25) is 0 Å². The van der Waals surface area contributed by atoms with E-state index in [1.807, 2.05) is 42.2 Å². The molecule has 1 aliphatic heterocycles. The van der Waals surface area contributed by atoms with Crippen molar-refractivity contribution < 1.29 is 9.59 Å². The van der Waals surface area contributed by atoms with Crippen LogP contribution in [0, 0.1) is 0 Å². The second kappa shape index (κ2) is 7.08. The molecule has 0 saturated carbocycles. The molecule has 0 aliphatic carbocycles. The van der Waals surface area contributed by atoms with Crippen LogP contribution in [0.15, 0.2) is 30.3 Å². The van der Waals surface area contributed by atoms with Gasteiger partial charge in [-0.3, -0.25) is 9.59 Å². The molecule has 0 unspecified atom stereocenters. The molecule has 1 aromatic rings. The standard InChI is InChI=1S/C16H22N2O2/c1-2-15(19)18(14-9-5-3-6-10-14)13-16(20)17-11-7-4-8-12-17/h3,5-6,9-10H,2,4,7-8,11-13H2,1H3. The van der Waals surface area contributed by atoms with Crippen molar-refractivity contribution in [3.63, 3.8) is 0 Å². The Kier molecular flexibility index (Phi) is 5.16. The average Bonchev–Trinajstić information content (AvgIpc) is 2.53. The Morgan fingerprint density at radius 1 is 1.10 bits per heavy atom. The molecule has 0 N–H and O–H groups in total. The monoisotopic (exact) mass is 274 g/mol. The van der Waals surface area contributed by atoms with Crippen LogP contribution >= 0.6 is 0 Å². The lowest BCUT2D eigenvalue weighted by Crippen LogP contribution is -2.44. The van der Waals surface area contributed by atoms with Crippen molar-refractivity contribution in [2.75, 3.05) is 24.5 Å². The van der Waals surface area contributed by atoms with Crippen LogP contribution in [0.25, 0.3) is 0 Å². The van der Waals surface area contributed by atoms with Crippen LogP contribution in [0.3, 0.4) is 0 Å². The predicted molar refractivity (Wildman–Crippen MR) is 79.5 cm³/mol. The summed E-state index contributed by atoms with van der Waals surface area (Å²) in [4.78, 5) is 27.9. The molecule has 1 aliphatic rings. The van der Waals surface area contributed by atoms with Crippen molar-refractivity contribution >= 4 is 17.5 Å². The molecule has 0 bridgehead atoms. The van der Waals surface area contributed by atoms with E-state index >= 15 is 0 Å². The Morgan fingerprint density at radius 2 is 1.75 bits per heavy atom. The SMILES string of the molecule is CCC(=O)N(CC(=O)N1CCCCC1)c1ccccc1. The molecule has 0 radical (unpaired) electrons. The first-order valence-corrected chi connectivity index (χ1v) is 7.35. The number of piperidine rings is 1. The number of amides is 2. The Bertz CT molecular complexity index is 453. The Balaban J connectivity index is 2.08. The largest absolute Gasteiger partial charge is 0.341 e. The van der Waals surface area contributed by atoms with Gasteiger partial charge in [-0.25, -0.2) is 0 Å². The Morgan fingerprint density at radius 3 is 2.35 bits per heavy atom. The lowest BCUT2D eigenvalue weighted by atomic mass is 10.1. The molecule has 0 spiro atoms. The Hall–Kier alpha value is -1.84. The highest BCUT2D eigenvalue weighted by atomic mass is 16.2. The molecular weight excluding hydrogens is 252 g/mol. The van der Waals surface area contributed by atoms with E-state index in [1.54, 1.807) is 4.90 Å². The van der Waals surface area contributed by atoms with Gasteiger partial charge in [-0.05, 0) is 31.4 Å². The van der Waals surface area contributed by atoms with Crippen LogP contribution in [-0.2, 0) is 9.59 Å². The maximum Gasteiger partial charge on any atom is 0.242 e. The van der Waals surface area contributed by atoms with E-state index in [2.05, 4.69) is 0 Å². The minimum atomic E-state index is -0.0124. The van der Waals surface area contributed by atoms with Gasteiger partial charge in [0.2, 0.25) is 11.8 Å². The second-order valence-electron chi connectivity index (χ2n) is 5.11. The lowest BCUT2D eigenvalue weighted by Gasteiger charge is -2.30. The molecule has 20 heavy (non-hydrogen) atoms. The van der Waals surface area contributed by atoms with E-state index in [0.717, 1.165) is 31.6 Å². The number of anilines is 1. The van der Waals surface area contributed by atoms with E-state index in [1.165, 1.54) is 6.42 Å². The summed E-state index contributed by atoms with van der Waals surface area (Å²) < 4.78 is 0. The second-order valence-corrected chi connectivity index (χ2v) is 5.11. The number of likely N-dealkylation sites (tertiary alicyclic amines) is 1. The normalized spacial score (nSPS) is 14.9. The van der Waals surface area contributed by atoms with E-state index in [0.29, 0.717) is 6.42 Å². The maximum absolute atomic E-state index is 12.3. The molecular formula is C16H22N2O2. The third kappa shape index (κ3) is 3.59. The van der Waals surface area contributed by atoms with E-state index in [4.69, 9.17) is 0 Å². The molecule has 1 heterocycles. The number of hydrogen-bond acceptors (Lipinski definition) is 2. The van der Waals surface area contributed by atoms with Crippen LogP contribution in [0.5, 0.6) is 0 Å². The number of carbonyl (C=O) groups excluding carboxylic acids is 2. The third-order valence-electron chi connectivity index (χ3n) is 3.67. The highest BCUT2D eigenvalue weighted by Gasteiger charge is 2.22. The zero-order valence-corrected chi connectivity index (χ0v) is 12.0. The summed E-state index contributed by atoms with van der Waals surface area (Å²) in [6.07, 6.45) is 3.74. The van der Waals surface area contributed by atoms with Gasteiger partial charge in [0.15, 0.2) is 0 Å². The summed E-state index contributed by atoms with van der Waals surface area (Å²) in [6.45, 7) is 3.61. The van der Waals surface area contributed by atoms with Crippen molar-refractivity contribution in [1.29, 1.82) is 0 Å². The average molecular weight is 274 g/mol. The highest BCUT2D eigenvalue weighted by molar-refractivity contribution is 5.98. The minimum Gasteiger partial charge on any atom is -0.341 e. The predicted octanol–water partition coefficient (Wildman–Crippen LogP) is 2.44. The number of para-hydroxylation sites is 1. The molecule has 4 heteroatoms. The maximum atomic E-state index is 12.3. The van der Waals surface area contributed by atoms with Gasteiger partial charge in [0, 0.05) is 25.2 Å². The molecule has 1 aromatic carbocycles. The van der Waals surface area contributed by atoms with Crippen molar-refractivity contribution in [3.05, 3.63) is 30.3 Å². The fourth-order valence-corrected chi connectivity index (χ4v) is 2.50. The van der Waals surface area contributed by atoms with Crippen molar-refractivity contribution in [1.82, 2.24) is 4.90 Å². The van der Waals surface area contributed by atoms with E-state index in [9.17, 15) is 9.59 Å². The molecule has 4 nitrogen and oxygen atoms in total. The molecule has 1 fully saturated rings. The highest BCUT2D eigenvalue weighted by Crippen LogP contribution is 2.16. The van der Waals surface area contributed by atoms with Crippen molar-refractivity contribution in [2.24, 2.45) is 0 Å². The van der Waals surface area contributed by atoms with Gasteiger partial charge in [0.1, 0.15) is 6.54 Å². The smallest absolute Gasteiger partial charge is 0.242 e. The van der Waals surface area contributed by atoms with Gasteiger partial charge in [-0.2, -0.15) is 0 Å². The van der Waals surface area contributed by atoms with Crippen LogP contribution in [0.4, 0.5) is 5.69 Å². The van der Waals surface area contributed by atoms with Gasteiger partial charge < -0.3 is 9.80 Å². The summed E-state index contributed by atoms with van der Waals surface area (Å²) in [5.41, 5.74) is 0.796. The summed E-state index contributed by atoms with van der Waals surface area (Å²) in [6, 6.07) is 9.42. The summed E-state index contributed by atoms with van der Waals surface area (Å²) in [5, 5.41) is 0. The van der Waals surface area contributed by atoms with Crippen molar-refractivity contribution in [2.45, 2.75) is 32.6 Å². The number of nitrogens with zero attached hydrogens (tertiary/aromatic N) is 2. The first-order valence-electron chi connectivity index (χ1n) is 7.35. The fourth-order valence-electron chi connectivity index (χ4n) is 2.50. The van der Waals surface area contributed by atoms with Gasteiger partial charge in [0.05, 0.1) is 0 Å². The summed E-state index contributed by atoms with van der Waals surface area (Å²) in [7, 11) is 0. The van der Waals surface area contributed by atoms with Gasteiger partial charge >= 0.3 is 0 Å². The number of carbonyl (C=O) groups is 2. The van der Waals surface area contributed by atoms with Gasteiger partial charge in [-0.1, -0.05) is 25.1 Å². The van der Waals surface area contributed by atoms with Crippen LogP contribution in [0.1, 0.15) is 32.6 Å². The number of hydrogen-bond donors (Lipinski definition) is 0. The van der Waals surface area contributed by atoms with Crippen molar-refractivity contribution in [3.8, 4) is 0 Å². The molecule has 0 atom stereocenters. The lowest BCUT2D eigenvalue weighted by molar-refractivity contribution is -0.132. The minimum absolute atomic E-state index is 0.0124.